The van der Waals surface area contributed by atoms with Crippen LogP contribution in [0.3, 0.4) is 0 Å². The van der Waals surface area contributed by atoms with E-state index in [0.717, 1.165) is 16.0 Å². The third-order valence-electron chi connectivity index (χ3n) is 5.31. The molecule has 1 atom stereocenters. The number of thioether (sulfide) groups is 1. The van der Waals surface area contributed by atoms with Crippen LogP contribution >= 0.6 is 11.8 Å². The molecule has 0 spiro atoms. The Hall–Kier alpha value is -3.84. The third kappa shape index (κ3) is 9.97. The molecule has 0 bridgehead atoms. The van der Waals surface area contributed by atoms with Gasteiger partial charge in [0.25, 0.3) is 0 Å². The maximum absolute atomic E-state index is 13.3. The summed E-state index contributed by atoms with van der Waals surface area (Å²) in [4.78, 5) is 39.9. The van der Waals surface area contributed by atoms with Gasteiger partial charge in [0, 0.05) is 4.90 Å². The van der Waals surface area contributed by atoms with Gasteiger partial charge in [-0.25, -0.2) is 4.79 Å². The zero-order valence-electron chi connectivity index (χ0n) is 21.1. The molecule has 0 saturated heterocycles. The smallest absolute Gasteiger partial charge is 0.408 e. The fourth-order valence-electron chi connectivity index (χ4n) is 3.48. The SMILES string of the molecule is CC(C)C[C@H](NC(=O)OCc1ccccc1)C(=O)NC(=Cc1ccccc1)C(=O)CSc1ccccc1. The first-order chi connectivity index (χ1) is 17.9. The number of rotatable bonds is 12. The summed E-state index contributed by atoms with van der Waals surface area (Å²) < 4.78 is 5.31. The van der Waals surface area contributed by atoms with Crippen LogP contribution in [-0.4, -0.2) is 29.6 Å². The first kappa shape index (κ1) is 27.7. The van der Waals surface area contributed by atoms with Gasteiger partial charge in [-0.15, -0.1) is 11.8 Å². The predicted molar refractivity (Wildman–Crippen MR) is 148 cm³/mol. The maximum Gasteiger partial charge on any atom is 0.408 e. The van der Waals surface area contributed by atoms with Crippen molar-refractivity contribution in [2.24, 2.45) is 5.92 Å². The van der Waals surface area contributed by atoms with Gasteiger partial charge in [-0.05, 0) is 41.7 Å². The van der Waals surface area contributed by atoms with Crippen LogP contribution < -0.4 is 10.6 Å². The van der Waals surface area contributed by atoms with Crippen LogP contribution in [0, 0.1) is 5.92 Å². The standard InChI is InChI=1S/C30H32N2O4S/c1-22(2)18-27(32-30(35)36-20-24-14-8-4-9-15-24)29(34)31-26(19-23-12-6-3-7-13-23)28(33)21-37-25-16-10-5-11-17-25/h3-17,19,22,27H,18,20-21H2,1-2H3,(H,31,34)(H,32,35)/t27-/m0/s1. The molecule has 7 heteroatoms. The lowest BCUT2D eigenvalue weighted by Gasteiger charge is -2.21. The van der Waals surface area contributed by atoms with E-state index in [2.05, 4.69) is 10.6 Å². The zero-order chi connectivity index (χ0) is 26.5. The molecule has 0 heterocycles. The molecule has 3 aromatic rings. The summed E-state index contributed by atoms with van der Waals surface area (Å²) in [7, 11) is 0. The molecule has 0 aliphatic heterocycles. The highest BCUT2D eigenvalue weighted by Crippen LogP contribution is 2.19. The van der Waals surface area contributed by atoms with Crippen LogP contribution in [0.25, 0.3) is 6.08 Å². The quantitative estimate of drug-likeness (QED) is 0.233. The lowest BCUT2D eigenvalue weighted by Crippen LogP contribution is -2.48. The van der Waals surface area contributed by atoms with Gasteiger partial charge in [0.1, 0.15) is 12.6 Å². The number of hydrogen-bond donors (Lipinski definition) is 2. The average molecular weight is 517 g/mol. The van der Waals surface area contributed by atoms with Crippen molar-refractivity contribution >= 4 is 35.6 Å². The molecular formula is C30H32N2O4S. The molecule has 6 nitrogen and oxygen atoms in total. The summed E-state index contributed by atoms with van der Waals surface area (Å²) in [6, 6.07) is 27.4. The lowest BCUT2D eigenvalue weighted by atomic mass is 10.0. The predicted octanol–water partition coefficient (Wildman–Crippen LogP) is 5.85. The lowest BCUT2D eigenvalue weighted by molar-refractivity contribution is -0.124. The van der Waals surface area contributed by atoms with E-state index in [4.69, 9.17) is 4.74 Å². The van der Waals surface area contributed by atoms with Crippen LogP contribution in [-0.2, 0) is 20.9 Å². The van der Waals surface area contributed by atoms with E-state index in [1.54, 1.807) is 6.08 Å². The van der Waals surface area contributed by atoms with E-state index in [-0.39, 0.29) is 29.8 Å². The molecule has 0 radical (unpaired) electrons. The molecule has 192 valence electrons. The molecule has 0 fully saturated rings. The maximum atomic E-state index is 13.3. The Labute approximate surface area is 222 Å². The van der Waals surface area contributed by atoms with Gasteiger partial charge >= 0.3 is 6.09 Å². The number of hydrogen-bond acceptors (Lipinski definition) is 5. The van der Waals surface area contributed by atoms with E-state index in [1.807, 2.05) is 105 Å². The van der Waals surface area contributed by atoms with Crippen LogP contribution in [0.4, 0.5) is 4.79 Å². The normalized spacial score (nSPS) is 12.0. The fourth-order valence-corrected chi connectivity index (χ4v) is 4.28. The van der Waals surface area contributed by atoms with Gasteiger partial charge in [-0.1, -0.05) is 92.7 Å². The van der Waals surface area contributed by atoms with Gasteiger partial charge in [-0.3, -0.25) is 9.59 Å². The van der Waals surface area contributed by atoms with Gasteiger partial charge < -0.3 is 15.4 Å². The Balaban J connectivity index is 1.70. The van der Waals surface area contributed by atoms with Crippen LogP contribution in [0.1, 0.15) is 31.4 Å². The topological polar surface area (TPSA) is 84.5 Å². The molecule has 0 unspecified atom stereocenters. The Kier molecular flexibility index (Phi) is 11.0. The van der Waals surface area contributed by atoms with E-state index in [9.17, 15) is 14.4 Å². The average Bonchev–Trinajstić information content (AvgIpc) is 2.91. The number of nitrogens with one attached hydrogen (secondary N) is 2. The number of ether oxygens (including phenoxy) is 1. The third-order valence-corrected chi connectivity index (χ3v) is 6.32. The van der Waals surface area contributed by atoms with E-state index in [0.29, 0.717) is 6.42 Å². The van der Waals surface area contributed by atoms with Crippen molar-refractivity contribution in [3.8, 4) is 0 Å². The minimum atomic E-state index is -0.864. The second-order valence-electron chi connectivity index (χ2n) is 8.87. The highest BCUT2D eigenvalue weighted by Gasteiger charge is 2.25. The summed E-state index contributed by atoms with van der Waals surface area (Å²) in [5.74, 6) is -0.410. The van der Waals surface area contributed by atoms with Crippen LogP contribution in [0.5, 0.6) is 0 Å². The number of benzene rings is 3. The number of ketones is 1. The van der Waals surface area contributed by atoms with Crippen molar-refractivity contribution in [3.63, 3.8) is 0 Å². The van der Waals surface area contributed by atoms with E-state index in [1.165, 1.54) is 11.8 Å². The molecule has 0 saturated carbocycles. The number of carbonyl (C=O) groups is 3. The highest BCUT2D eigenvalue weighted by molar-refractivity contribution is 8.00. The molecule has 2 amide bonds. The Bertz CT molecular complexity index is 1180. The molecule has 37 heavy (non-hydrogen) atoms. The monoisotopic (exact) mass is 516 g/mol. The first-order valence-electron chi connectivity index (χ1n) is 12.2. The molecule has 3 rings (SSSR count). The fraction of sp³-hybridized carbons (Fsp3) is 0.233. The van der Waals surface area contributed by atoms with E-state index >= 15 is 0 Å². The molecular weight excluding hydrogens is 484 g/mol. The van der Waals surface area contributed by atoms with Gasteiger partial charge in [0.15, 0.2) is 5.78 Å². The van der Waals surface area contributed by atoms with Crippen molar-refractivity contribution in [3.05, 3.63) is 108 Å². The van der Waals surface area contributed by atoms with Crippen molar-refractivity contribution in [1.82, 2.24) is 10.6 Å². The minimum Gasteiger partial charge on any atom is -0.445 e. The summed E-state index contributed by atoms with van der Waals surface area (Å²) in [5.41, 5.74) is 1.80. The molecule has 0 aliphatic rings. The van der Waals surface area contributed by atoms with Crippen LogP contribution in [0.15, 0.2) is 102 Å². The zero-order valence-corrected chi connectivity index (χ0v) is 21.9. The molecule has 3 aromatic carbocycles. The number of amides is 2. The number of alkyl carbamates (subject to hydrolysis) is 1. The summed E-state index contributed by atoms with van der Waals surface area (Å²) >= 11 is 1.40. The second kappa shape index (κ2) is 14.7. The summed E-state index contributed by atoms with van der Waals surface area (Å²) in [6.45, 7) is 4.01. The van der Waals surface area contributed by atoms with Crippen molar-refractivity contribution in [2.75, 3.05) is 5.75 Å². The van der Waals surface area contributed by atoms with Gasteiger partial charge in [-0.2, -0.15) is 0 Å². The van der Waals surface area contributed by atoms with Gasteiger partial charge in [0.05, 0.1) is 11.4 Å². The summed E-state index contributed by atoms with van der Waals surface area (Å²) in [6.07, 6.45) is 1.35. The number of carbonyl (C=O) groups excluding carboxylic acids is 3. The van der Waals surface area contributed by atoms with Crippen LogP contribution in [0.2, 0.25) is 0 Å². The molecule has 0 aromatic heterocycles. The van der Waals surface area contributed by atoms with E-state index < -0.39 is 18.0 Å². The van der Waals surface area contributed by atoms with Gasteiger partial charge in [0.2, 0.25) is 5.91 Å². The van der Waals surface area contributed by atoms with Crippen molar-refractivity contribution < 1.29 is 19.1 Å². The first-order valence-corrected chi connectivity index (χ1v) is 13.1. The number of Topliss-reactive ketones (excluding diaryl/α,β-unsaturated/α-hetero) is 1. The largest absolute Gasteiger partial charge is 0.445 e. The number of allylic oxidation sites excluding steroid dienone is 1. The second-order valence-corrected chi connectivity index (χ2v) is 9.92. The minimum absolute atomic E-state index is 0.0943. The van der Waals surface area contributed by atoms with Crippen molar-refractivity contribution in [2.45, 2.75) is 37.8 Å². The highest BCUT2D eigenvalue weighted by atomic mass is 32.2. The summed E-state index contributed by atoms with van der Waals surface area (Å²) in [5, 5.41) is 5.44. The molecule has 0 aliphatic carbocycles. The molecule has 2 N–H and O–H groups in total. The Morgan fingerprint density at radius 1 is 0.865 bits per heavy atom. The Morgan fingerprint density at radius 3 is 2.08 bits per heavy atom. The Morgan fingerprint density at radius 2 is 1.46 bits per heavy atom. The van der Waals surface area contributed by atoms with Crippen molar-refractivity contribution in [1.29, 1.82) is 0 Å².